The summed E-state index contributed by atoms with van der Waals surface area (Å²) >= 11 is 0. The Kier molecular flexibility index (Phi) is 4.81. The molecule has 0 heterocycles. The third-order valence-electron chi connectivity index (χ3n) is 7.56. The van der Waals surface area contributed by atoms with E-state index in [2.05, 4.69) is 134 Å². The Morgan fingerprint density at radius 1 is 0.455 bits per heavy atom. The van der Waals surface area contributed by atoms with Gasteiger partial charge in [0.1, 0.15) is 0 Å². The lowest BCUT2D eigenvalue weighted by Gasteiger charge is -2.40. The monoisotopic (exact) mass is 440 g/mol. The molecule has 0 aliphatic heterocycles. The normalized spacial score (nSPS) is 19.0. The highest BCUT2D eigenvalue weighted by atomic mass is 28.3. The van der Waals surface area contributed by atoms with Crippen molar-refractivity contribution in [1.82, 2.24) is 0 Å². The number of hydrogen-bond donors (Lipinski definition) is 0. The standard InChI is InChI=1S/C32H28Si/c1-33(2,31-27-19-11-9-17-25(27)21-29(31)23-13-5-3-6-14-23)32-28-20-12-10-18-26(28)22-30(32)24-15-7-4-8-16-24/h3-22,31-32H,1-2H3. The summed E-state index contributed by atoms with van der Waals surface area (Å²) in [5, 5.41) is 0. The largest absolute Gasteiger partial charge is 0.0731 e. The van der Waals surface area contributed by atoms with Gasteiger partial charge in [0.15, 0.2) is 0 Å². The van der Waals surface area contributed by atoms with Crippen molar-refractivity contribution in [3.63, 3.8) is 0 Å². The van der Waals surface area contributed by atoms with E-state index in [9.17, 15) is 0 Å². The van der Waals surface area contributed by atoms with E-state index in [4.69, 9.17) is 0 Å². The molecule has 0 amide bonds. The Labute approximate surface area is 198 Å². The molecule has 0 fully saturated rings. The van der Waals surface area contributed by atoms with Crippen molar-refractivity contribution in [2.75, 3.05) is 0 Å². The number of fused-ring (bicyclic) bond motifs is 2. The number of benzene rings is 4. The van der Waals surface area contributed by atoms with Gasteiger partial charge in [0.25, 0.3) is 0 Å². The van der Waals surface area contributed by atoms with E-state index in [0.29, 0.717) is 11.1 Å². The van der Waals surface area contributed by atoms with E-state index in [0.717, 1.165) is 0 Å². The van der Waals surface area contributed by atoms with E-state index in [-0.39, 0.29) is 0 Å². The second kappa shape index (κ2) is 7.86. The maximum Gasteiger partial charge on any atom is 0.0731 e. The Bertz CT molecular complexity index is 1270. The molecule has 0 saturated carbocycles. The molecule has 0 aromatic heterocycles. The van der Waals surface area contributed by atoms with Crippen molar-refractivity contribution in [1.29, 1.82) is 0 Å². The van der Waals surface area contributed by atoms with Crippen molar-refractivity contribution >= 4 is 31.4 Å². The van der Waals surface area contributed by atoms with Crippen LogP contribution in [-0.4, -0.2) is 8.07 Å². The summed E-state index contributed by atoms with van der Waals surface area (Å²) in [6.07, 6.45) is 4.91. The zero-order valence-corrected chi connectivity index (χ0v) is 20.2. The first-order valence-electron chi connectivity index (χ1n) is 11.9. The van der Waals surface area contributed by atoms with Crippen LogP contribution >= 0.6 is 0 Å². The van der Waals surface area contributed by atoms with E-state index in [1.807, 2.05) is 0 Å². The number of allylic oxidation sites excluding steroid dienone is 2. The fourth-order valence-corrected chi connectivity index (χ4v) is 10.7. The molecule has 2 atom stereocenters. The average Bonchev–Trinajstić information content (AvgIpc) is 3.45. The highest BCUT2D eigenvalue weighted by molar-refractivity contribution is 6.84. The van der Waals surface area contributed by atoms with Crippen molar-refractivity contribution in [3.8, 4) is 0 Å². The van der Waals surface area contributed by atoms with Gasteiger partial charge in [0, 0.05) is 11.1 Å². The summed E-state index contributed by atoms with van der Waals surface area (Å²) < 4.78 is 0. The first kappa shape index (κ1) is 20.2. The molecule has 33 heavy (non-hydrogen) atoms. The molecule has 0 radical (unpaired) electrons. The highest BCUT2D eigenvalue weighted by Gasteiger charge is 2.48. The summed E-state index contributed by atoms with van der Waals surface area (Å²) in [5.41, 5.74) is 12.4. The molecule has 0 bridgehead atoms. The molecule has 4 aromatic carbocycles. The Morgan fingerprint density at radius 3 is 1.24 bits per heavy atom. The van der Waals surface area contributed by atoms with Crippen LogP contribution in [0.15, 0.2) is 109 Å². The van der Waals surface area contributed by atoms with E-state index < -0.39 is 8.07 Å². The van der Waals surface area contributed by atoms with Crippen LogP contribution in [0.2, 0.25) is 13.1 Å². The minimum absolute atomic E-state index is 0.444. The lowest BCUT2D eigenvalue weighted by Crippen LogP contribution is -2.42. The van der Waals surface area contributed by atoms with Gasteiger partial charge in [-0.1, -0.05) is 134 Å². The molecule has 1 heteroatoms. The molecule has 0 nitrogen and oxygen atoms in total. The maximum atomic E-state index is 2.61. The van der Waals surface area contributed by atoms with Crippen LogP contribution in [0, 0.1) is 0 Å². The molecule has 6 rings (SSSR count). The molecule has 2 aliphatic carbocycles. The van der Waals surface area contributed by atoms with Crippen molar-refractivity contribution in [2.45, 2.75) is 24.2 Å². The SMILES string of the molecule is C[Si](C)(C1C(c2ccccc2)=Cc2ccccc21)C1C(c2ccccc2)=Cc2ccccc21. The second-order valence-electron chi connectivity index (χ2n) is 9.88. The summed E-state index contributed by atoms with van der Waals surface area (Å²) in [4.78, 5) is 0. The molecule has 160 valence electrons. The topological polar surface area (TPSA) is 0 Å². The lowest BCUT2D eigenvalue weighted by molar-refractivity contribution is 1.07. The fourth-order valence-electron chi connectivity index (χ4n) is 6.18. The predicted molar refractivity (Wildman–Crippen MR) is 144 cm³/mol. The Balaban J connectivity index is 1.54. The predicted octanol–water partition coefficient (Wildman–Crippen LogP) is 8.45. The van der Waals surface area contributed by atoms with Crippen LogP contribution in [0.3, 0.4) is 0 Å². The van der Waals surface area contributed by atoms with Gasteiger partial charge in [-0.3, -0.25) is 0 Å². The minimum atomic E-state index is -1.97. The first-order valence-corrected chi connectivity index (χ1v) is 15.0. The smallest absolute Gasteiger partial charge is 0.0679 e. The van der Waals surface area contributed by atoms with Crippen LogP contribution < -0.4 is 0 Å². The molecule has 0 N–H and O–H groups in total. The summed E-state index contributed by atoms with van der Waals surface area (Å²) in [5.74, 6) is 0. The maximum absolute atomic E-state index is 2.61. The zero-order valence-electron chi connectivity index (χ0n) is 19.2. The van der Waals surface area contributed by atoms with Crippen LogP contribution in [0.25, 0.3) is 23.3 Å². The van der Waals surface area contributed by atoms with Crippen molar-refractivity contribution < 1.29 is 0 Å². The van der Waals surface area contributed by atoms with Gasteiger partial charge in [-0.15, -0.1) is 0 Å². The Morgan fingerprint density at radius 2 is 0.818 bits per heavy atom. The van der Waals surface area contributed by atoms with Gasteiger partial charge in [0.05, 0.1) is 8.07 Å². The summed E-state index contributed by atoms with van der Waals surface area (Å²) in [6, 6.07) is 40.2. The summed E-state index contributed by atoms with van der Waals surface area (Å²) in [6.45, 7) is 5.22. The van der Waals surface area contributed by atoms with Gasteiger partial charge < -0.3 is 0 Å². The molecular weight excluding hydrogens is 412 g/mol. The van der Waals surface area contributed by atoms with E-state index >= 15 is 0 Å². The van der Waals surface area contributed by atoms with Gasteiger partial charge in [0.2, 0.25) is 0 Å². The van der Waals surface area contributed by atoms with Crippen LogP contribution in [-0.2, 0) is 0 Å². The number of hydrogen-bond acceptors (Lipinski definition) is 0. The quantitative estimate of drug-likeness (QED) is 0.279. The molecule has 0 spiro atoms. The zero-order chi connectivity index (χ0) is 22.4. The van der Waals surface area contributed by atoms with Gasteiger partial charge >= 0.3 is 0 Å². The Hall–Kier alpha value is -3.42. The van der Waals surface area contributed by atoms with E-state index in [1.54, 1.807) is 0 Å². The fraction of sp³-hybridized carbons (Fsp3) is 0.125. The average molecular weight is 441 g/mol. The molecule has 2 unspecified atom stereocenters. The van der Waals surface area contributed by atoms with Crippen LogP contribution in [0.1, 0.15) is 44.5 Å². The highest BCUT2D eigenvalue weighted by Crippen LogP contribution is 2.56. The molecular formula is C32H28Si. The minimum Gasteiger partial charge on any atom is -0.0679 e. The third kappa shape index (κ3) is 3.27. The van der Waals surface area contributed by atoms with E-state index in [1.165, 1.54) is 44.5 Å². The van der Waals surface area contributed by atoms with Crippen LogP contribution in [0.5, 0.6) is 0 Å². The number of rotatable bonds is 4. The molecule has 0 saturated heterocycles. The van der Waals surface area contributed by atoms with Crippen molar-refractivity contribution in [3.05, 3.63) is 143 Å². The van der Waals surface area contributed by atoms with Gasteiger partial charge in [-0.05, 0) is 44.5 Å². The van der Waals surface area contributed by atoms with Crippen LogP contribution in [0.4, 0.5) is 0 Å². The molecule has 4 aromatic rings. The third-order valence-corrected chi connectivity index (χ3v) is 11.8. The molecule has 2 aliphatic rings. The lowest BCUT2D eigenvalue weighted by atomic mass is 10.0. The first-order chi connectivity index (χ1) is 16.1. The summed E-state index contributed by atoms with van der Waals surface area (Å²) in [7, 11) is -1.97. The van der Waals surface area contributed by atoms with Crippen molar-refractivity contribution in [2.24, 2.45) is 0 Å². The van der Waals surface area contributed by atoms with Gasteiger partial charge in [-0.2, -0.15) is 0 Å². The van der Waals surface area contributed by atoms with Gasteiger partial charge in [-0.25, -0.2) is 0 Å². The second-order valence-corrected chi connectivity index (χ2v) is 14.7.